The van der Waals surface area contributed by atoms with Crippen LogP contribution in [-0.4, -0.2) is 36.5 Å². The summed E-state index contributed by atoms with van der Waals surface area (Å²) in [6, 6.07) is 15.7. The van der Waals surface area contributed by atoms with Crippen LogP contribution in [0, 0.1) is 0 Å². The second-order valence-corrected chi connectivity index (χ2v) is 10.1. The zero-order valence-electron chi connectivity index (χ0n) is 23.4. The number of benzene rings is 2. The van der Waals surface area contributed by atoms with Crippen LogP contribution in [0.5, 0.6) is 11.5 Å². The number of aromatic nitrogens is 5. The summed E-state index contributed by atoms with van der Waals surface area (Å²) in [5.74, 6) is 2.12. The van der Waals surface area contributed by atoms with Crippen molar-refractivity contribution in [2.75, 3.05) is 11.9 Å². The summed E-state index contributed by atoms with van der Waals surface area (Å²) in [6.45, 7) is 7.95. The molecular formula is C31H35N7O2. The van der Waals surface area contributed by atoms with E-state index in [1.54, 1.807) is 30.9 Å². The van der Waals surface area contributed by atoms with Crippen molar-refractivity contribution in [2.24, 2.45) is 7.05 Å². The predicted octanol–water partition coefficient (Wildman–Crippen LogP) is 6.21. The van der Waals surface area contributed by atoms with Crippen molar-refractivity contribution in [1.29, 1.82) is 0 Å². The number of hydrogen-bond acceptors (Lipinski definition) is 6. The van der Waals surface area contributed by atoms with E-state index in [2.05, 4.69) is 59.6 Å². The van der Waals surface area contributed by atoms with Gasteiger partial charge in [0, 0.05) is 56.5 Å². The SMILES string of the molecule is CCc1ccc(Nc2nc3cc(Oc4ccnc(C(=O)NCCCn5ccnc5)c4)ccc3n2C)cc1C(C)C. The van der Waals surface area contributed by atoms with Crippen LogP contribution < -0.4 is 15.4 Å². The lowest BCUT2D eigenvalue weighted by molar-refractivity contribution is 0.0947. The van der Waals surface area contributed by atoms with E-state index < -0.39 is 0 Å². The summed E-state index contributed by atoms with van der Waals surface area (Å²) in [5, 5.41) is 6.39. The van der Waals surface area contributed by atoms with Crippen LogP contribution in [0.1, 0.15) is 54.7 Å². The third-order valence-corrected chi connectivity index (χ3v) is 6.89. The Hall–Kier alpha value is -4.66. The molecule has 0 unspecified atom stereocenters. The Kier molecular flexibility index (Phi) is 8.10. The van der Waals surface area contributed by atoms with Gasteiger partial charge in [-0.05, 0) is 60.2 Å². The van der Waals surface area contributed by atoms with Gasteiger partial charge in [-0.15, -0.1) is 0 Å². The molecule has 0 bridgehead atoms. The fourth-order valence-electron chi connectivity index (χ4n) is 4.72. The number of hydrogen-bond donors (Lipinski definition) is 2. The number of ether oxygens (including phenoxy) is 1. The molecule has 0 spiro atoms. The van der Waals surface area contributed by atoms with Crippen molar-refractivity contribution < 1.29 is 9.53 Å². The van der Waals surface area contributed by atoms with Gasteiger partial charge in [-0.3, -0.25) is 9.78 Å². The molecule has 0 fully saturated rings. The molecule has 206 valence electrons. The fourth-order valence-corrected chi connectivity index (χ4v) is 4.72. The molecule has 9 nitrogen and oxygen atoms in total. The van der Waals surface area contributed by atoms with E-state index in [0.29, 0.717) is 29.7 Å². The average molecular weight is 538 g/mol. The minimum atomic E-state index is -0.237. The molecule has 3 heterocycles. The molecule has 0 aliphatic heterocycles. The summed E-state index contributed by atoms with van der Waals surface area (Å²) < 4.78 is 10.1. The Labute approximate surface area is 234 Å². The largest absolute Gasteiger partial charge is 0.457 e. The average Bonchev–Trinajstić information content (AvgIpc) is 3.58. The highest BCUT2D eigenvalue weighted by atomic mass is 16.5. The summed E-state index contributed by atoms with van der Waals surface area (Å²) in [5.41, 5.74) is 5.83. The number of carbonyl (C=O) groups is 1. The molecule has 0 aliphatic rings. The summed E-state index contributed by atoms with van der Waals surface area (Å²) in [6.07, 6.45) is 8.78. The van der Waals surface area contributed by atoms with Crippen LogP contribution in [0.25, 0.3) is 11.0 Å². The van der Waals surface area contributed by atoms with E-state index in [9.17, 15) is 4.79 Å². The number of anilines is 2. The fraction of sp³-hybridized carbons (Fsp3) is 0.290. The number of pyridine rings is 1. The first-order valence-electron chi connectivity index (χ1n) is 13.7. The van der Waals surface area contributed by atoms with E-state index in [1.165, 1.54) is 11.1 Å². The highest BCUT2D eigenvalue weighted by Gasteiger charge is 2.13. The molecule has 3 aromatic heterocycles. The number of amides is 1. The maximum Gasteiger partial charge on any atom is 0.270 e. The minimum absolute atomic E-state index is 0.237. The quantitative estimate of drug-likeness (QED) is 0.195. The topological polar surface area (TPSA) is 98.9 Å². The van der Waals surface area contributed by atoms with Crippen LogP contribution >= 0.6 is 0 Å². The van der Waals surface area contributed by atoms with Gasteiger partial charge in [0.15, 0.2) is 0 Å². The molecule has 0 aliphatic carbocycles. The van der Waals surface area contributed by atoms with E-state index >= 15 is 0 Å². The Bertz CT molecular complexity index is 1610. The van der Waals surface area contributed by atoms with Crippen molar-refractivity contribution >= 4 is 28.6 Å². The predicted molar refractivity (Wildman–Crippen MR) is 157 cm³/mol. The molecule has 0 saturated heterocycles. The molecule has 0 saturated carbocycles. The number of fused-ring (bicyclic) bond motifs is 1. The molecule has 5 aromatic rings. The second-order valence-electron chi connectivity index (χ2n) is 10.1. The van der Waals surface area contributed by atoms with E-state index in [-0.39, 0.29) is 5.91 Å². The van der Waals surface area contributed by atoms with Crippen molar-refractivity contribution in [3.8, 4) is 11.5 Å². The number of aryl methyl sites for hydroxylation is 3. The molecule has 40 heavy (non-hydrogen) atoms. The van der Waals surface area contributed by atoms with Gasteiger partial charge in [0.25, 0.3) is 5.91 Å². The molecule has 5 rings (SSSR count). The molecule has 2 N–H and O–H groups in total. The molecule has 1 amide bonds. The van der Waals surface area contributed by atoms with Gasteiger partial charge >= 0.3 is 0 Å². The van der Waals surface area contributed by atoms with Crippen LogP contribution in [0.15, 0.2) is 73.4 Å². The lowest BCUT2D eigenvalue weighted by atomic mass is 9.95. The lowest BCUT2D eigenvalue weighted by Crippen LogP contribution is -2.26. The van der Waals surface area contributed by atoms with E-state index in [0.717, 1.165) is 42.1 Å². The van der Waals surface area contributed by atoms with E-state index in [1.807, 2.05) is 40.6 Å². The highest BCUT2D eigenvalue weighted by Crippen LogP contribution is 2.30. The van der Waals surface area contributed by atoms with Crippen molar-refractivity contribution in [2.45, 2.75) is 46.1 Å². The zero-order valence-corrected chi connectivity index (χ0v) is 23.4. The third kappa shape index (κ3) is 6.14. The van der Waals surface area contributed by atoms with Gasteiger partial charge in [0.1, 0.15) is 17.2 Å². The number of rotatable bonds is 11. The first-order chi connectivity index (χ1) is 19.4. The second kappa shape index (κ2) is 12.0. The molecule has 2 aromatic carbocycles. The van der Waals surface area contributed by atoms with E-state index in [4.69, 9.17) is 9.72 Å². The zero-order chi connectivity index (χ0) is 28.1. The minimum Gasteiger partial charge on any atom is -0.457 e. The molecule has 0 radical (unpaired) electrons. The molecule has 9 heteroatoms. The van der Waals surface area contributed by atoms with Crippen LogP contribution in [0.4, 0.5) is 11.6 Å². The number of nitrogens with one attached hydrogen (secondary N) is 2. The maximum absolute atomic E-state index is 12.6. The van der Waals surface area contributed by atoms with Crippen LogP contribution in [0.2, 0.25) is 0 Å². The smallest absolute Gasteiger partial charge is 0.270 e. The number of nitrogens with zero attached hydrogens (tertiary/aromatic N) is 5. The van der Waals surface area contributed by atoms with Crippen molar-refractivity contribution in [1.82, 2.24) is 29.4 Å². The van der Waals surface area contributed by atoms with Crippen molar-refractivity contribution in [3.63, 3.8) is 0 Å². The van der Waals surface area contributed by atoms with Gasteiger partial charge in [-0.2, -0.15) is 0 Å². The number of carbonyl (C=O) groups excluding carboxylic acids is 1. The molecule has 0 atom stereocenters. The van der Waals surface area contributed by atoms with Gasteiger partial charge in [0.05, 0.1) is 17.4 Å². The van der Waals surface area contributed by atoms with Gasteiger partial charge < -0.3 is 24.5 Å². The van der Waals surface area contributed by atoms with Crippen LogP contribution in [-0.2, 0) is 20.0 Å². The van der Waals surface area contributed by atoms with Gasteiger partial charge in [-0.1, -0.05) is 26.8 Å². The summed E-state index contributed by atoms with van der Waals surface area (Å²) in [4.78, 5) is 25.7. The van der Waals surface area contributed by atoms with Gasteiger partial charge in [0.2, 0.25) is 5.95 Å². The molecular weight excluding hydrogens is 502 g/mol. The number of imidazole rings is 2. The Morgan fingerprint density at radius 1 is 1.05 bits per heavy atom. The third-order valence-electron chi connectivity index (χ3n) is 6.89. The van der Waals surface area contributed by atoms with Crippen LogP contribution in [0.3, 0.4) is 0 Å². The van der Waals surface area contributed by atoms with Gasteiger partial charge in [-0.25, -0.2) is 9.97 Å². The highest BCUT2D eigenvalue weighted by molar-refractivity contribution is 5.92. The van der Waals surface area contributed by atoms with Crippen molar-refractivity contribution in [3.05, 3.63) is 90.3 Å². The normalized spacial score (nSPS) is 11.2. The lowest BCUT2D eigenvalue weighted by Gasteiger charge is -2.14. The summed E-state index contributed by atoms with van der Waals surface area (Å²) >= 11 is 0. The summed E-state index contributed by atoms with van der Waals surface area (Å²) in [7, 11) is 1.99. The standard InChI is InChI=1S/C31H35N7O2/c1-5-22-7-8-23(17-26(22)21(2)3)35-31-36-27-18-24(9-10-29(27)37(31)4)40-25-11-13-33-28(19-25)30(39)34-12-6-15-38-16-14-32-20-38/h7-11,13-14,16-21H,5-6,12,15H2,1-4H3,(H,34,39)(H,35,36). The maximum atomic E-state index is 12.6. The Balaban J connectivity index is 1.26. The Morgan fingerprint density at radius 2 is 1.90 bits per heavy atom. The monoisotopic (exact) mass is 537 g/mol. The first-order valence-corrected chi connectivity index (χ1v) is 13.7. The first kappa shape index (κ1) is 26.9. The Morgan fingerprint density at radius 3 is 2.67 bits per heavy atom.